The van der Waals surface area contributed by atoms with E-state index < -0.39 is 11.9 Å². The molecule has 0 spiro atoms. The standard InChI is InChI=1S/C18H24ClNO4/c1-4-23-17(21)14-7-6-13(19)10-15(14)16(18(22)24-5-2)12-8-9-20(3)11-12/h6-7,10,12,16H,4-5,8-9,11H2,1-3H3. The quantitative estimate of drug-likeness (QED) is 0.735. The van der Waals surface area contributed by atoms with Gasteiger partial charge in [0.1, 0.15) is 0 Å². The first kappa shape index (κ1) is 18.7. The van der Waals surface area contributed by atoms with Crippen molar-refractivity contribution in [2.24, 2.45) is 5.92 Å². The number of nitrogens with zero attached hydrogens (tertiary/aromatic N) is 1. The van der Waals surface area contributed by atoms with Crippen LogP contribution in [0.2, 0.25) is 5.02 Å². The third-order valence-electron chi connectivity index (χ3n) is 4.28. The molecule has 2 atom stereocenters. The highest BCUT2D eigenvalue weighted by Crippen LogP contribution is 2.36. The Balaban J connectivity index is 2.46. The van der Waals surface area contributed by atoms with Crippen LogP contribution in [-0.4, -0.2) is 50.2 Å². The van der Waals surface area contributed by atoms with E-state index in [-0.39, 0.29) is 18.5 Å². The molecule has 0 bridgehead atoms. The summed E-state index contributed by atoms with van der Waals surface area (Å²) in [4.78, 5) is 27.1. The van der Waals surface area contributed by atoms with E-state index in [0.717, 1.165) is 19.5 Å². The van der Waals surface area contributed by atoms with Gasteiger partial charge in [0.05, 0.1) is 24.7 Å². The van der Waals surface area contributed by atoms with Crippen molar-refractivity contribution in [2.75, 3.05) is 33.4 Å². The summed E-state index contributed by atoms with van der Waals surface area (Å²) in [6.07, 6.45) is 0.870. The predicted octanol–water partition coefficient (Wildman–Crippen LogP) is 3.12. The fourth-order valence-corrected chi connectivity index (χ4v) is 3.41. The van der Waals surface area contributed by atoms with Gasteiger partial charge in [-0.2, -0.15) is 0 Å². The van der Waals surface area contributed by atoms with Crippen LogP contribution >= 0.6 is 11.6 Å². The lowest BCUT2D eigenvalue weighted by Gasteiger charge is -2.24. The third kappa shape index (κ3) is 4.28. The molecule has 24 heavy (non-hydrogen) atoms. The minimum absolute atomic E-state index is 0.0840. The fraction of sp³-hybridized carbons (Fsp3) is 0.556. The highest BCUT2D eigenvalue weighted by Gasteiger charge is 2.37. The van der Waals surface area contributed by atoms with Gasteiger partial charge >= 0.3 is 11.9 Å². The Hall–Kier alpha value is -1.59. The van der Waals surface area contributed by atoms with Gasteiger partial charge in [-0.25, -0.2) is 4.79 Å². The Labute approximate surface area is 147 Å². The Kier molecular flexibility index (Phi) is 6.63. The number of ether oxygens (including phenoxy) is 2. The highest BCUT2D eigenvalue weighted by atomic mass is 35.5. The molecule has 0 aliphatic carbocycles. The van der Waals surface area contributed by atoms with Gasteiger partial charge in [-0.1, -0.05) is 11.6 Å². The van der Waals surface area contributed by atoms with Crippen LogP contribution < -0.4 is 0 Å². The van der Waals surface area contributed by atoms with Gasteiger partial charge in [0, 0.05) is 11.6 Å². The molecule has 1 saturated heterocycles. The lowest BCUT2D eigenvalue weighted by molar-refractivity contribution is -0.146. The zero-order valence-corrected chi connectivity index (χ0v) is 15.1. The molecule has 1 aliphatic rings. The molecule has 1 fully saturated rings. The first-order chi connectivity index (χ1) is 11.5. The van der Waals surface area contributed by atoms with Crippen molar-refractivity contribution in [1.29, 1.82) is 0 Å². The molecule has 0 amide bonds. The molecule has 1 aliphatic heterocycles. The summed E-state index contributed by atoms with van der Waals surface area (Å²) in [5.41, 5.74) is 0.980. The molecule has 5 nitrogen and oxygen atoms in total. The number of likely N-dealkylation sites (tertiary alicyclic amines) is 1. The molecular formula is C18H24ClNO4. The molecular weight excluding hydrogens is 330 g/mol. The monoisotopic (exact) mass is 353 g/mol. The second kappa shape index (κ2) is 8.49. The number of carbonyl (C=O) groups excluding carboxylic acids is 2. The average Bonchev–Trinajstić information content (AvgIpc) is 2.94. The second-order valence-electron chi connectivity index (χ2n) is 5.99. The van der Waals surface area contributed by atoms with Crippen LogP contribution in [0.5, 0.6) is 0 Å². The second-order valence-corrected chi connectivity index (χ2v) is 6.43. The van der Waals surface area contributed by atoms with E-state index in [9.17, 15) is 9.59 Å². The minimum Gasteiger partial charge on any atom is -0.466 e. The molecule has 0 saturated carbocycles. The summed E-state index contributed by atoms with van der Waals surface area (Å²) >= 11 is 6.15. The molecule has 1 aromatic rings. The molecule has 6 heteroatoms. The third-order valence-corrected chi connectivity index (χ3v) is 4.52. The van der Waals surface area contributed by atoms with Gasteiger partial charge in [0.2, 0.25) is 0 Å². The predicted molar refractivity (Wildman–Crippen MR) is 92.4 cm³/mol. The number of carbonyl (C=O) groups is 2. The fourth-order valence-electron chi connectivity index (χ4n) is 3.23. The Morgan fingerprint density at radius 2 is 2.00 bits per heavy atom. The summed E-state index contributed by atoms with van der Waals surface area (Å²) in [5.74, 6) is -1.19. The summed E-state index contributed by atoms with van der Waals surface area (Å²) in [6.45, 7) is 5.79. The number of esters is 2. The van der Waals surface area contributed by atoms with Crippen LogP contribution in [0.25, 0.3) is 0 Å². The Bertz CT molecular complexity index is 605. The first-order valence-electron chi connectivity index (χ1n) is 8.29. The van der Waals surface area contributed by atoms with E-state index in [0.29, 0.717) is 22.8 Å². The van der Waals surface area contributed by atoms with Crippen LogP contribution in [0.3, 0.4) is 0 Å². The largest absolute Gasteiger partial charge is 0.466 e. The maximum Gasteiger partial charge on any atom is 0.338 e. The van der Waals surface area contributed by atoms with Gasteiger partial charge in [-0.3, -0.25) is 4.79 Å². The first-order valence-corrected chi connectivity index (χ1v) is 8.67. The van der Waals surface area contributed by atoms with E-state index in [1.165, 1.54) is 0 Å². The molecule has 1 aromatic carbocycles. The molecule has 2 unspecified atom stereocenters. The smallest absolute Gasteiger partial charge is 0.338 e. The number of rotatable bonds is 6. The molecule has 0 N–H and O–H groups in total. The summed E-state index contributed by atoms with van der Waals surface area (Å²) in [6, 6.07) is 4.95. The summed E-state index contributed by atoms with van der Waals surface area (Å²) in [5, 5.41) is 0.485. The van der Waals surface area contributed by atoms with Gasteiger partial charge in [0.15, 0.2) is 0 Å². The SMILES string of the molecule is CCOC(=O)c1ccc(Cl)cc1C(C(=O)OCC)C1CCN(C)C1. The summed E-state index contributed by atoms with van der Waals surface area (Å²) < 4.78 is 10.4. The molecule has 0 radical (unpaired) electrons. The van der Waals surface area contributed by atoms with Crippen molar-refractivity contribution >= 4 is 23.5 Å². The van der Waals surface area contributed by atoms with Crippen LogP contribution in [0.4, 0.5) is 0 Å². The van der Waals surface area contributed by atoms with Gasteiger partial charge in [0.25, 0.3) is 0 Å². The van der Waals surface area contributed by atoms with Crippen molar-refractivity contribution in [3.63, 3.8) is 0 Å². The van der Waals surface area contributed by atoms with E-state index in [4.69, 9.17) is 21.1 Å². The van der Waals surface area contributed by atoms with Gasteiger partial charge in [-0.05, 0) is 63.5 Å². The molecule has 2 rings (SSSR count). The van der Waals surface area contributed by atoms with E-state index in [1.54, 1.807) is 32.0 Å². The topological polar surface area (TPSA) is 55.8 Å². The van der Waals surface area contributed by atoms with Crippen molar-refractivity contribution in [3.05, 3.63) is 34.3 Å². The minimum atomic E-state index is -0.520. The van der Waals surface area contributed by atoms with Crippen molar-refractivity contribution < 1.29 is 19.1 Å². The van der Waals surface area contributed by atoms with Crippen molar-refractivity contribution in [1.82, 2.24) is 4.90 Å². The van der Waals surface area contributed by atoms with Crippen molar-refractivity contribution in [3.8, 4) is 0 Å². The maximum absolute atomic E-state index is 12.6. The highest BCUT2D eigenvalue weighted by molar-refractivity contribution is 6.30. The van der Waals surface area contributed by atoms with Crippen molar-refractivity contribution in [2.45, 2.75) is 26.2 Å². The number of benzene rings is 1. The molecule has 1 heterocycles. The average molecular weight is 354 g/mol. The van der Waals surface area contributed by atoms with E-state index in [1.807, 2.05) is 7.05 Å². The Morgan fingerprint density at radius 3 is 2.58 bits per heavy atom. The number of hydrogen-bond acceptors (Lipinski definition) is 5. The maximum atomic E-state index is 12.6. The number of halogens is 1. The normalized spacial score (nSPS) is 19.1. The van der Waals surface area contributed by atoms with Crippen LogP contribution in [0.1, 0.15) is 42.1 Å². The molecule has 0 aromatic heterocycles. The van der Waals surface area contributed by atoms with E-state index in [2.05, 4.69) is 4.90 Å². The van der Waals surface area contributed by atoms with Crippen LogP contribution in [0, 0.1) is 5.92 Å². The lowest BCUT2D eigenvalue weighted by Crippen LogP contribution is -2.28. The lowest BCUT2D eigenvalue weighted by atomic mass is 9.83. The number of hydrogen-bond donors (Lipinski definition) is 0. The zero-order chi connectivity index (χ0) is 17.7. The van der Waals surface area contributed by atoms with Crippen LogP contribution in [0.15, 0.2) is 18.2 Å². The molecule has 132 valence electrons. The van der Waals surface area contributed by atoms with E-state index >= 15 is 0 Å². The zero-order valence-electron chi connectivity index (χ0n) is 14.4. The van der Waals surface area contributed by atoms with Gasteiger partial charge < -0.3 is 14.4 Å². The van der Waals surface area contributed by atoms with Gasteiger partial charge in [-0.15, -0.1) is 0 Å². The Morgan fingerprint density at radius 1 is 1.29 bits per heavy atom. The summed E-state index contributed by atoms with van der Waals surface area (Å²) in [7, 11) is 2.02. The van der Waals surface area contributed by atoms with Crippen LogP contribution in [-0.2, 0) is 14.3 Å².